The fourth-order valence-corrected chi connectivity index (χ4v) is 6.66. The quantitative estimate of drug-likeness (QED) is 0.382. The number of carbonyl (C=O) groups excluding carboxylic acids is 1. The van der Waals surface area contributed by atoms with Crippen molar-refractivity contribution in [2.45, 2.75) is 69.7 Å². The van der Waals surface area contributed by atoms with Gasteiger partial charge in [-0.2, -0.15) is 0 Å². The van der Waals surface area contributed by atoms with Gasteiger partial charge in [-0.1, -0.05) is 91.0 Å². The first-order valence-corrected chi connectivity index (χ1v) is 13.0. The molecule has 3 aromatic carbocycles. The molecule has 1 amide bonds. The predicted molar refractivity (Wildman–Crippen MR) is 145 cm³/mol. The maximum Gasteiger partial charge on any atom is 0.411 e. The van der Waals surface area contributed by atoms with Crippen molar-refractivity contribution in [3.63, 3.8) is 0 Å². The summed E-state index contributed by atoms with van der Waals surface area (Å²) in [5.41, 5.74) is 2.02. The fourth-order valence-electron chi connectivity index (χ4n) is 6.66. The number of piperazine rings is 1. The van der Waals surface area contributed by atoms with Crippen molar-refractivity contribution < 1.29 is 9.53 Å². The van der Waals surface area contributed by atoms with E-state index in [0.29, 0.717) is 0 Å². The summed E-state index contributed by atoms with van der Waals surface area (Å²) in [4.78, 5) is 18.2. The number of hydrogen-bond acceptors (Lipinski definition) is 3. The summed E-state index contributed by atoms with van der Waals surface area (Å²) in [7, 11) is 0. The van der Waals surface area contributed by atoms with Crippen LogP contribution in [-0.2, 0) is 10.3 Å². The van der Waals surface area contributed by atoms with Crippen LogP contribution in [-0.4, -0.2) is 45.7 Å². The van der Waals surface area contributed by atoms with Crippen molar-refractivity contribution in [3.8, 4) is 0 Å². The summed E-state index contributed by atoms with van der Waals surface area (Å²) in [6.07, 6.45) is 1.70. The van der Waals surface area contributed by atoms with Crippen LogP contribution in [0.1, 0.15) is 64.2 Å². The zero-order valence-corrected chi connectivity index (χ0v) is 22.2. The van der Waals surface area contributed by atoms with Crippen molar-refractivity contribution in [1.29, 1.82) is 0 Å². The van der Waals surface area contributed by atoms with Gasteiger partial charge in [-0.15, -0.1) is 0 Å². The highest BCUT2D eigenvalue weighted by Gasteiger charge is 2.61. The van der Waals surface area contributed by atoms with Gasteiger partial charge >= 0.3 is 6.09 Å². The largest absolute Gasteiger partial charge is 0.444 e. The first-order valence-electron chi connectivity index (χ1n) is 13.0. The second kappa shape index (κ2) is 8.77. The number of amides is 1. The highest BCUT2D eigenvalue weighted by molar-refractivity contribution is 5.71. The number of hydrogen-bond donors (Lipinski definition) is 0. The molecule has 0 radical (unpaired) electrons. The van der Waals surface area contributed by atoms with E-state index in [2.05, 4.69) is 115 Å². The van der Waals surface area contributed by atoms with E-state index >= 15 is 0 Å². The molecule has 2 atom stereocenters. The molecule has 4 nitrogen and oxygen atoms in total. The Hall–Kier alpha value is -3.11. The molecule has 0 N–H and O–H groups in total. The minimum Gasteiger partial charge on any atom is -0.444 e. The summed E-state index contributed by atoms with van der Waals surface area (Å²) in [5.74, 6) is 0. The fraction of sp³-hybridized carbons (Fsp3) is 0.406. The molecule has 0 aliphatic carbocycles. The molecule has 0 saturated carbocycles. The van der Waals surface area contributed by atoms with Gasteiger partial charge < -0.3 is 4.74 Å². The third-order valence-corrected chi connectivity index (χ3v) is 7.97. The summed E-state index contributed by atoms with van der Waals surface area (Å²) >= 11 is 0. The second-order valence-electron chi connectivity index (χ2n) is 12.0. The summed E-state index contributed by atoms with van der Waals surface area (Å²) in [5, 5.41) is 0. The van der Waals surface area contributed by atoms with Gasteiger partial charge in [0.15, 0.2) is 0 Å². The van der Waals surface area contributed by atoms with Crippen LogP contribution in [0.15, 0.2) is 91.0 Å². The highest BCUT2D eigenvalue weighted by atomic mass is 16.6. The molecule has 2 aliphatic rings. The Balaban J connectivity index is 1.69. The molecule has 2 unspecified atom stereocenters. The molecule has 188 valence electrons. The second-order valence-corrected chi connectivity index (χ2v) is 12.0. The molecule has 2 fully saturated rings. The van der Waals surface area contributed by atoms with E-state index in [9.17, 15) is 4.79 Å². The molecule has 2 heterocycles. The first kappa shape index (κ1) is 24.6. The summed E-state index contributed by atoms with van der Waals surface area (Å²) in [6, 6.07) is 32.5. The van der Waals surface area contributed by atoms with E-state index in [0.717, 1.165) is 25.9 Å². The van der Waals surface area contributed by atoms with Crippen LogP contribution in [0.25, 0.3) is 0 Å². The standard InChI is InChI=1S/C32H38N2O2/c1-29(2,3)36-28(35)34-30(4)21-22-31(34,5)24-33(23-30)32(25-15-9-6-10-16-25,26-17-11-7-12-18-26)27-19-13-8-14-20-27/h6-20H,21-24H2,1-5H3. The van der Waals surface area contributed by atoms with Gasteiger partial charge in [-0.25, -0.2) is 4.79 Å². The van der Waals surface area contributed by atoms with E-state index in [4.69, 9.17) is 4.74 Å². The summed E-state index contributed by atoms with van der Waals surface area (Å²) < 4.78 is 5.93. The van der Waals surface area contributed by atoms with Crippen LogP contribution in [0, 0.1) is 0 Å². The van der Waals surface area contributed by atoms with Gasteiger partial charge in [0.05, 0.1) is 16.6 Å². The number of nitrogens with zero attached hydrogens (tertiary/aromatic N) is 2. The van der Waals surface area contributed by atoms with Crippen LogP contribution in [0.2, 0.25) is 0 Å². The minimum atomic E-state index is -0.526. The number of benzene rings is 3. The molecule has 0 aromatic heterocycles. The lowest BCUT2D eigenvalue weighted by Gasteiger charge is -2.57. The first-order chi connectivity index (χ1) is 17.1. The normalized spacial score (nSPS) is 24.5. The van der Waals surface area contributed by atoms with Gasteiger partial charge in [-0.05, 0) is 64.2 Å². The molecule has 0 spiro atoms. The van der Waals surface area contributed by atoms with Crippen LogP contribution in [0.5, 0.6) is 0 Å². The lowest BCUT2D eigenvalue weighted by atomic mass is 9.73. The SMILES string of the molecule is CC(C)(C)OC(=O)N1C2(C)CCC1(C)CN(C(c1ccccc1)(c1ccccc1)c1ccccc1)C2. The van der Waals surface area contributed by atoms with Crippen molar-refractivity contribution in [2.24, 2.45) is 0 Å². The molecule has 2 bridgehead atoms. The van der Waals surface area contributed by atoms with Crippen molar-refractivity contribution in [2.75, 3.05) is 13.1 Å². The third kappa shape index (κ3) is 4.02. The zero-order chi connectivity index (χ0) is 25.6. The van der Waals surface area contributed by atoms with Gasteiger partial charge in [0, 0.05) is 13.1 Å². The van der Waals surface area contributed by atoms with Gasteiger partial charge in [-0.3, -0.25) is 9.80 Å². The number of rotatable bonds is 4. The van der Waals surface area contributed by atoms with Crippen LogP contribution in [0.4, 0.5) is 4.79 Å². The zero-order valence-electron chi connectivity index (χ0n) is 22.2. The molecule has 2 aliphatic heterocycles. The van der Waals surface area contributed by atoms with E-state index in [-0.39, 0.29) is 17.2 Å². The molecule has 2 saturated heterocycles. The van der Waals surface area contributed by atoms with Crippen LogP contribution >= 0.6 is 0 Å². The van der Waals surface area contributed by atoms with E-state index in [1.54, 1.807) is 0 Å². The smallest absolute Gasteiger partial charge is 0.411 e. The van der Waals surface area contributed by atoms with E-state index in [1.165, 1.54) is 16.7 Å². The Kier molecular flexibility index (Phi) is 5.99. The Morgan fingerprint density at radius 1 is 0.694 bits per heavy atom. The van der Waals surface area contributed by atoms with Crippen molar-refractivity contribution in [3.05, 3.63) is 108 Å². The average molecular weight is 483 g/mol. The molecule has 36 heavy (non-hydrogen) atoms. The van der Waals surface area contributed by atoms with Crippen molar-refractivity contribution in [1.82, 2.24) is 9.80 Å². The Bertz CT molecular complexity index is 1090. The Morgan fingerprint density at radius 3 is 1.39 bits per heavy atom. The molecule has 4 heteroatoms. The topological polar surface area (TPSA) is 32.8 Å². The Morgan fingerprint density at radius 2 is 1.06 bits per heavy atom. The predicted octanol–water partition coefficient (Wildman–Crippen LogP) is 6.84. The molecular weight excluding hydrogens is 444 g/mol. The minimum absolute atomic E-state index is 0.200. The van der Waals surface area contributed by atoms with Gasteiger partial charge in [0.25, 0.3) is 0 Å². The molecular formula is C32H38N2O2. The molecule has 3 aromatic rings. The number of fused-ring (bicyclic) bond motifs is 2. The van der Waals surface area contributed by atoms with E-state index < -0.39 is 11.1 Å². The van der Waals surface area contributed by atoms with E-state index in [1.807, 2.05) is 20.8 Å². The third-order valence-electron chi connectivity index (χ3n) is 7.97. The number of likely N-dealkylation sites (tertiary alicyclic amines) is 1. The number of carbonyl (C=O) groups is 1. The number of ether oxygens (including phenoxy) is 1. The summed E-state index contributed by atoms with van der Waals surface area (Å²) in [6.45, 7) is 11.8. The van der Waals surface area contributed by atoms with Crippen molar-refractivity contribution >= 4 is 6.09 Å². The van der Waals surface area contributed by atoms with Gasteiger partial charge in [0.2, 0.25) is 0 Å². The lowest BCUT2D eigenvalue weighted by Crippen LogP contribution is -2.70. The van der Waals surface area contributed by atoms with Crippen LogP contribution in [0.3, 0.4) is 0 Å². The maximum absolute atomic E-state index is 13.5. The Labute approximate surface area is 215 Å². The molecule has 5 rings (SSSR count). The average Bonchev–Trinajstić information content (AvgIpc) is 3.02. The lowest BCUT2D eigenvalue weighted by molar-refractivity contribution is -0.0712. The monoisotopic (exact) mass is 482 g/mol. The highest BCUT2D eigenvalue weighted by Crippen LogP contribution is 2.52. The maximum atomic E-state index is 13.5. The van der Waals surface area contributed by atoms with Crippen LogP contribution < -0.4 is 0 Å². The van der Waals surface area contributed by atoms with Gasteiger partial charge in [0.1, 0.15) is 5.60 Å².